The van der Waals surface area contributed by atoms with Gasteiger partial charge in [-0.25, -0.2) is 4.98 Å². The molecule has 0 aliphatic carbocycles. The zero-order valence-electron chi connectivity index (χ0n) is 17.9. The lowest BCUT2D eigenvalue weighted by molar-refractivity contribution is 0.302. The maximum atomic E-state index is 5.88. The summed E-state index contributed by atoms with van der Waals surface area (Å²) in [7, 11) is 0. The van der Waals surface area contributed by atoms with E-state index in [0.717, 1.165) is 39.6 Å². The van der Waals surface area contributed by atoms with Crippen molar-refractivity contribution < 1.29 is 4.74 Å². The lowest BCUT2D eigenvalue weighted by Gasteiger charge is -2.08. The summed E-state index contributed by atoms with van der Waals surface area (Å²) in [5, 5.41) is 6.42. The van der Waals surface area contributed by atoms with Crippen molar-refractivity contribution in [3.05, 3.63) is 90.1 Å². The molecule has 5 rings (SSSR count). The van der Waals surface area contributed by atoms with E-state index in [4.69, 9.17) is 4.74 Å². The molecular weight excluding hydrogens is 416 g/mol. The minimum absolute atomic E-state index is 0.679. The van der Waals surface area contributed by atoms with Gasteiger partial charge in [0.1, 0.15) is 5.75 Å². The fourth-order valence-corrected chi connectivity index (χ4v) is 4.52. The van der Waals surface area contributed by atoms with Crippen LogP contribution in [-0.4, -0.2) is 22.4 Å². The fraction of sp³-hybridized carbons (Fsp3) is 0.154. The van der Waals surface area contributed by atoms with Crippen molar-refractivity contribution in [2.24, 2.45) is 5.10 Å². The summed E-state index contributed by atoms with van der Waals surface area (Å²) >= 11 is 1.60. The van der Waals surface area contributed by atoms with Gasteiger partial charge in [0.25, 0.3) is 0 Å². The van der Waals surface area contributed by atoms with Crippen molar-refractivity contribution in [3.63, 3.8) is 0 Å². The van der Waals surface area contributed by atoms with Crippen molar-refractivity contribution in [1.29, 1.82) is 0 Å². The molecule has 5 aromatic rings. The molecule has 0 saturated carbocycles. The Hall–Kier alpha value is -3.64. The van der Waals surface area contributed by atoms with Crippen LogP contribution in [0.2, 0.25) is 0 Å². The molecule has 0 bridgehead atoms. The van der Waals surface area contributed by atoms with Crippen LogP contribution in [0.15, 0.2) is 84.1 Å². The van der Waals surface area contributed by atoms with E-state index in [-0.39, 0.29) is 0 Å². The van der Waals surface area contributed by atoms with Gasteiger partial charge in [0, 0.05) is 29.2 Å². The number of aryl methyl sites for hydroxylation is 2. The van der Waals surface area contributed by atoms with E-state index in [0.29, 0.717) is 6.61 Å². The minimum Gasteiger partial charge on any atom is -0.494 e. The Balaban J connectivity index is 1.25. The molecule has 0 atom stereocenters. The van der Waals surface area contributed by atoms with E-state index in [1.807, 2.05) is 36.5 Å². The number of ether oxygens (including phenoxy) is 1. The lowest BCUT2D eigenvalue weighted by atomic mass is 10.2. The van der Waals surface area contributed by atoms with Crippen LogP contribution in [0.4, 0.5) is 5.13 Å². The molecule has 5 nitrogen and oxygen atoms in total. The summed E-state index contributed by atoms with van der Waals surface area (Å²) in [4.78, 5) is 4.57. The number of hydrogen-bond donors (Lipinski definition) is 1. The number of aromatic nitrogens is 2. The molecular formula is C26H24N4OS. The van der Waals surface area contributed by atoms with Crippen LogP contribution in [0, 0.1) is 6.92 Å². The number of para-hydroxylation sites is 2. The first kappa shape index (κ1) is 20.3. The predicted octanol–water partition coefficient (Wildman–Crippen LogP) is 6.47. The largest absolute Gasteiger partial charge is 0.494 e. The van der Waals surface area contributed by atoms with Crippen molar-refractivity contribution >= 4 is 43.8 Å². The van der Waals surface area contributed by atoms with Gasteiger partial charge in [-0.05, 0) is 43.7 Å². The molecule has 0 aliphatic rings. The van der Waals surface area contributed by atoms with E-state index >= 15 is 0 Å². The van der Waals surface area contributed by atoms with Gasteiger partial charge in [-0.3, -0.25) is 5.43 Å². The highest BCUT2D eigenvalue weighted by molar-refractivity contribution is 7.22. The van der Waals surface area contributed by atoms with Gasteiger partial charge in [0.15, 0.2) is 0 Å². The van der Waals surface area contributed by atoms with Gasteiger partial charge in [-0.1, -0.05) is 59.4 Å². The first-order chi connectivity index (χ1) is 15.8. The number of hydrogen-bond acceptors (Lipinski definition) is 5. The number of hydrazone groups is 1. The number of thiazole rings is 1. The molecule has 3 aromatic carbocycles. The first-order valence-corrected chi connectivity index (χ1v) is 11.5. The average molecular weight is 441 g/mol. The summed E-state index contributed by atoms with van der Waals surface area (Å²) in [6.45, 7) is 3.64. The highest BCUT2D eigenvalue weighted by atomic mass is 32.1. The normalized spacial score (nSPS) is 11.5. The molecule has 0 unspecified atom stereocenters. The maximum Gasteiger partial charge on any atom is 0.204 e. The third kappa shape index (κ3) is 4.50. The Morgan fingerprint density at radius 2 is 1.84 bits per heavy atom. The Bertz CT molecular complexity index is 1330. The smallest absolute Gasteiger partial charge is 0.204 e. The van der Waals surface area contributed by atoms with Gasteiger partial charge in [0.05, 0.1) is 23.0 Å². The average Bonchev–Trinajstić information content (AvgIpc) is 3.39. The second-order valence-corrected chi connectivity index (χ2v) is 8.70. The Kier molecular flexibility index (Phi) is 5.85. The minimum atomic E-state index is 0.679. The zero-order chi connectivity index (χ0) is 21.8. The van der Waals surface area contributed by atoms with Crippen LogP contribution in [-0.2, 0) is 6.54 Å². The third-order valence-electron chi connectivity index (χ3n) is 5.31. The van der Waals surface area contributed by atoms with E-state index in [9.17, 15) is 0 Å². The molecule has 160 valence electrons. The van der Waals surface area contributed by atoms with Crippen LogP contribution in [0.1, 0.15) is 17.5 Å². The molecule has 0 saturated heterocycles. The molecule has 1 N–H and O–H groups in total. The second-order valence-electron chi connectivity index (χ2n) is 7.67. The van der Waals surface area contributed by atoms with Crippen molar-refractivity contribution in [3.8, 4) is 5.75 Å². The lowest BCUT2D eigenvalue weighted by Crippen LogP contribution is -2.03. The standard InChI is InChI=1S/C26H24N4OS/c1-19-11-13-21(14-12-19)31-16-6-15-30-18-20(22-7-2-4-9-24(22)30)17-27-29-26-28-23-8-3-5-10-25(23)32-26/h2-5,7-14,17-18H,6,15-16H2,1H3,(H,28,29)/b27-17+. The van der Waals surface area contributed by atoms with Gasteiger partial charge in [-0.15, -0.1) is 0 Å². The number of rotatable bonds is 8. The maximum absolute atomic E-state index is 5.88. The Labute approximate surface area is 191 Å². The summed E-state index contributed by atoms with van der Waals surface area (Å²) in [6.07, 6.45) is 4.95. The molecule has 2 heterocycles. The number of anilines is 1. The highest BCUT2D eigenvalue weighted by Crippen LogP contribution is 2.25. The fourth-order valence-electron chi connectivity index (χ4n) is 3.70. The first-order valence-electron chi connectivity index (χ1n) is 10.7. The van der Waals surface area contributed by atoms with Gasteiger partial charge >= 0.3 is 0 Å². The van der Waals surface area contributed by atoms with E-state index in [2.05, 4.69) is 75.7 Å². The van der Waals surface area contributed by atoms with Crippen LogP contribution in [0.3, 0.4) is 0 Å². The van der Waals surface area contributed by atoms with Crippen LogP contribution in [0.5, 0.6) is 5.75 Å². The molecule has 0 aliphatic heterocycles. The van der Waals surface area contributed by atoms with Gasteiger partial charge < -0.3 is 9.30 Å². The number of benzene rings is 3. The van der Waals surface area contributed by atoms with E-state index < -0.39 is 0 Å². The Morgan fingerprint density at radius 1 is 1.03 bits per heavy atom. The second kappa shape index (κ2) is 9.24. The molecule has 6 heteroatoms. The zero-order valence-corrected chi connectivity index (χ0v) is 18.7. The quantitative estimate of drug-likeness (QED) is 0.171. The highest BCUT2D eigenvalue weighted by Gasteiger charge is 2.07. The summed E-state index contributed by atoms with van der Waals surface area (Å²) < 4.78 is 9.30. The Morgan fingerprint density at radius 3 is 2.72 bits per heavy atom. The molecule has 0 amide bonds. The summed E-state index contributed by atoms with van der Waals surface area (Å²) in [6, 6.07) is 24.7. The third-order valence-corrected chi connectivity index (χ3v) is 6.25. The van der Waals surface area contributed by atoms with Gasteiger partial charge in [0.2, 0.25) is 5.13 Å². The molecule has 0 spiro atoms. The van der Waals surface area contributed by atoms with Crippen LogP contribution in [0.25, 0.3) is 21.1 Å². The molecule has 0 radical (unpaired) electrons. The van der Waals surface area contributed by atoms with E-state index in [1.54, 1.807) is 11.3 Å². The molecule has 2 aromatic heterocycles. The topological polar surface area (TPSA) is 51.4 Å². The SMILES string of the molecule is Cc1ccc(OCCCn2cc(/C=N/Nc3nc4ccccc4s3)c3ccccc32)cc1. The summed E-state index contributed by atoms with van der Waals surface area (Å²) in [5.74, 6) is 0.918. The monoisotopic (exact) mass is 440 g/mol. The van der Waals surface area contributed by atoms with Crippen molar-refractivity contribution in [2.45, 2.75) is 19.9 Å². The number of nitrogens with one attached hydrogen (secondary N) is 1. The van der Waals surface area contributed by atoms with Crippen molar-refractivity contribution in [2.75, 3.05) is 12.0 Å². The molecule has 32 heavy (non-hydrogen) atoms. The predicted molar refractivity (Wildman–Crippen MR) is 134 cm³/mol. The van der Waals surface area contributed by atoms with Gasteiger partial charge in [-0.2, -0.15) is 5.10 Å². The van der Waals surface area contributed by atoms with E-state index in [1.165, 1.54) is 16.5 Å². The number of nitrogens with zero attached hydrogens (tertiary/aromatic N) is 3. The van der Waals surface area contributed by atoms with Crippen LogP contribution < -0.4 is 10.2 Å². The molecule has 0 fully saturated rings. The number of fused-ring (bicyclic) bond motifs is 2. The summed E-state index contributed by atoms with van der Waals surface area (Å²) in [5.41, 5.74) is 7.58. The van der Waals surface area contributed by atoms with Crippen LogP contribution >= 0.6 is 11.3 Å². The van der Waals surface area contributed by atoms with Crippen molar-refractivity contribution in [1.82, 2.24) is 9.55 Å².